The summed E-state index contributed by atoms with van der Waals surface area (Å²) in [5, 5.41) is 23.7. The van der Waals surface area contributed by atoms with Gasteiger partial charge in [-0.3, -0.25) is 72.7 Å². The first kappa shape index (κ1) is 63.2. The lowest BCUT2D eigenvalue weighted by atomic mass is 10.1. The molecule has 0 saturated heterocycles. The summed E-state index contributed by atoms with van der Waals surface area (Å²) in [4.78, 5) is 154. The smallest absolute Gasteiger partial charge is 0.243 e. The summed E-state index contributed by atoms with van der Waals surface area (Å²) in [6.45, 7) is -2.09. The first-order valence-corrected chi connectivity index (χ1v) is 22.2. The van der Waals surface area contributed by atoms with Gasteiger partial charge >= 0.3 is 0 Å². The molecule has 0 aliphatic rings. The van der Waals surface area contributed by atoms with E-state index in [1.807, 2.05) is 0 Å². The van der Waals surface area contributed by atoms with Gasteiger partial charge in [0.1, 0.15) is 24.2 Å². The molecular weight excluding hydrogens is 955 g/mol. The molecule has 0 heterocycles. The first-order chi connectivity index (χ1) is 33.9. The van der Waals surface area contributed by atoms with E-state index >= 15 is 0 Å². The number of nitrogens with two attached hydrogens (primary N) is 9. The van der Waals surface area contributed by atoms with E-state index in [9.17, 15) is 52.7 Å². The van der Waals surface area contributed by atoms with Crippen molar-refractivity contribution in [1.82, 2.24) is 53.2 Å². The zero-order valence-corrected chi connectivity index (χ0v) is 40.0. The van der Waals surface area contributed by atoms with Gasteiger partial charge in [-0.05, 0) is 51.4 Å². The molecule has 0 aliphatic carbocycles. The van der Waals surface area contributed by atoms with E-state index in [4.69, 9.17) is 51.6 Å². The number of rotatable bonds is 36. The number of nitrogens with one attached hydrogen (secondary N) is 10. The van der Waals surface area contributed by atoms with Crippen molar-refractivity contribution in [2.24, 2.45) is 71.6 Å². The number of hydrogen-bond acceptors (Lipinski definition) is 15. The van der Waals surface area contributed by atoms with E-state index in [0.29, 0.717) is 0 Å². The van der Waals surface area contributed by atoms with E-state index in [1.165, 1.54) is 6.92 Å². The molecule has 404 valence electrons. The molecule has 0 aromatic rings. The molecular formula is C38H71N23O11. The van der Waals surface area contributed by atoms with Crippen LogP contribution in [0.5, 0.6) is 0 Å². The highest BCUT2D eigenvalue weighted by Crippen LogP contribution is 2.07. The fourth-order valence-corrected chi connectivity index (χ4v) is 5.64. The first-order valence-electron chi connectivity index (χ1n) is 22.2. The molecule has 0 spiro atoms. The van der Waals surface area contributed by atoms with Gasteiger partial charge in [-0.25, -0.2) is 0 Å². The van der Waals surface area contributed by atoms with E-state index in [0.717, 1.165) is 0 Å². The molecule has 34 nitrogen and oxygen atoms in total. The topological polar surface area (TPSA) is 592 Å². The maximum Gasteiger partial charge on any atom is 0.243 e. The molecule has 4 atom stereocenters. The number of nitrogens with zero attached hydrogens (tertiary/aromatic N) is 4. The Morgan fingerprint density at radius 3 is 0.917 bits per heavy atom. The van der Waals surface area contributed by atoms with Gasteiger partial charge in [-0.1, -0.05) is 0 Å². The van der Waals surface area contributed by atoms with Gasteiger partial charge in [0.05, 0.1) is 39.3 Å². The van der Waals surface area contributed by atoms with Crippen LogP contribution < -0.4 is 105 Å². The van der Waals surface area contributed by atoms with Gasteiger partial charge in [0.2, 0.25) is 65.0 Å². The van der Waals surface area contributed by atoms with Crippen LogP contribution in [0.1, 0.15) is 58.3 Å². The Labute approximate surface area is 413 Å². The Bertz CT molecular complexity index is 1980. The molecule has 0 aliphatic heterocycles. The Hall–Kier alpha value is -8.75. The lowest BCUT2D eigenvalue weighted by Gasteiger charge is -2.25. The van der Waals surface area contributed by atoms with Gasteiger partial charge in [0, 0.05) is 33.1 Å². The lowest BCUT2D eigenvalue weighted by molar-refractivity contribution is -0.134. The fourth-order valence-electron chi connectivity index (χ4n) is 5.64. The van der Waals surface area contributed by atoms with Crippen molar-refractivity contribution in [3.63, 3.8) is 0 Å². The van der Waals surface area contributed by atoms with Crippen LogP contribution in [0.4, 0.5) is 0 Å². The number of hydrogen-bond donors (Lipinski definition) is 19. The standard InChI is InChI=1S/C38H71N23O11/c1-20(62)52-18-29(67)59-23(8-4-12-50-37(44)45)33(71)61-24(9-5-13-51-38(46)47)34(72)60-22(7-3-11-49-36(42)43)32(70)57-17-28(66)54-15-26(64)55-19-30(68)58-21(6-2-10-48-35(40)41)31(69)56-16-27(65)53-14-25(39)63/h21-24H,2-19H2,1H3,(H2,39,63)(H,52,62)(H,53,65)(H,54,66)(H,55,64)(H,56,69)(H,57,70)(H,58,68)(H,59,67)(H,60,72)(H,61,71)(H4,40,41,48)(H4,42,43,49)(H4,44,45,50)(H4,46,47,51)/t21-,22-,23-,24-/m0/s1. The second kappa shape index (κ2) is 36.3. The van der Waals surface area contributed by atoms with Crippen LogP contribution in [0.2, 0.25) is 0 Å². The number of amides is 11. The fraction of sp³-hybridized carbons (Fsp3) is 0.605. The summed E-state index contributed by atoms with van der Waals surface area (Å²) in [6.07, 6.45) is 0.500. The largest absolute Gasteiger partial charge is 0.370 e. The summed E-state index contributed by atoms with van der Waals surface area (Å²) < 4.78 is 0. The minimum atomic E-state index is -1.36. The van der Waals surface area contributed by atoms with Crippen LogP contribution in [-0.2, 0) is 52.7 Å². The maximum atomic E-state index is 13.9. The third kappa shape index (κ3) is 33.7. The molecule has 0 fully saturated rings. The molecule has 0 aromatic heterocycles. The molecule has 0 saturated carbocycles. The predicted octanol–water partition coefficient (Wildman–Crippen LogP) is -11.7. The van der Waals surface area contributed by atoms with Crippen LogP contribution in [0, 0.1) is 0 Å². The number of guanidine groups is 4. The van der Waals surface area contributed by atoms with Crippen LogP contribution in [0.25, 0.3) is 0 Å². The zero-order valence-electron chi connectivity index (χ0n) is 40.0. The number of aliphatic imine (C=N–C) groups is 4. The van der Waals surface area contributed by atoms with Crippen molar-refractivity contribution in [2.75, 3.05) is 65.4 Å². The molecule has 11 amide bonds. The number of primary amides is 1. The molecule has 0 rings (SSSR count). The Kier molecular flexibility index (Phi) is 31.9. The van der Waals surface area contributed by atoms with Gasteiger partial charge in [-0.2, -0.15) is 0 Å². The average molecular weight is 1030 g/mol. The molecule has 0 aromatic carbocycles. The minimum absolute atomic E-state index is 0.000375. The predicted molar refractivity (Wildman–Crippen MR) is 260 cm³/mol. The Balaban J connectivity index is 5.86. The SMILES string of the molecule is CC(=O)NCC(=O)N[C@@H](CCCN=C(N)N)C(=O)N[C@@H](CCCN=C(N)N)C(=O)N[C@@H](CCCN=C(N)N)C(=O)NCC(=O)NCC(=O)NCC(=O)N[C@@H](CCCN=C(N)N)C(=O)NCC(=O)NCC(N)=O. The minimum Gasteiger partial charge on any atom is -0.370 e. The lowest BCUT2D eigenvalue weighted by Crippen LogP contribution is -2.57. The van der Waals surface area contributed by atoms with Crippen molar-refractivity contribution in [2.45, 2.75) is 82.5 Å². The van der Waals surface area contributed by atoms with E-state index in [1.54, 1.807) is 0 Å². The quantitative estimate of drug-likeness (QED) is 0.0157. The third-order valence-electron chi connectivity index (χ3n) is 9.05. The van der Waals surface area contributed by atoms with Crippen molar-refractivity contribution in [1.29, 1.82) is 0 Å². The molecule has 28 N–H and O–H groups in total. The number of carbonyl (C=O) groups excluding carboxylic acids is 11. The summed E-state index contributed by atoms with van der Waals surface area (Å²) in [5.74, 6) is -9.59. The van der Waals surface area contributed by atoms with Crippen molar-refractivity contribution >= 4 is 88.8 Å². The summed E-state index contributed by atoms with van der Waals surface area (Å²) >= 11 is 0. The molecule has 34 heteroatoms. The van der Waals surface area contributed by atoms with E-state index in [-0.39, 0.29) is 101 Å². The Morgan fingerprint density at radius 1 is 0.333 bits per heavy atom. The zero-order chi connectivity index (χ0) is 54.6. The van der Waals surface area contributed by atoms with Gasteiger partial charge < -0.3 is 105 Å². The van der Waals surface area contributed by atoms with Crippen molar-refractivity contribution < 1.29 is 52.7 Å². The van der Waals surface area contributed by atoms with Crippen LogP contribution in [0.15, 0.2) is 20.0 Å². The van der Waals surface area contributed by atoms with E-state index < -0.39 is 128 Å². The highest BCUT2D eigenvalue weighted by atomic mass is 16.2. The molecule has 0 bridgehead atoms. The third-order valence-corrected chi connectivity index (χ3v) is 9.05. The normalized spacial score (nSPS) is 11.9. The van der Waals surface area contributed by atoms with Crippen molar-refractivity contribution in [3.8, 4) is 0 Å². The molecule has 0 unspecified atom stereocenters. The van der Waals surface area contributed by atoms with E-state index in [2.05, 4.69) is 73.1 Å². The summed E-state index contributed by atoms with van der Waals surface area (Å²) in [7, 11) is 0. The summed E-state index contributed by atoms with van der Waals surface area (Å²) in [5.41, 5.74) is 48.1. The molecule has 0 radical (unpaired) electrons. The second-order valence-electron chi connectivity index (χ2n) is 15.3. The van der Waals surface area contributed by atoms with Gasteiger partial charge in [-0.15, -0.1) is 0 Å². The van der Waals surface area contributed by atoms with Crippen LogP contribution in [-0.4, -0.2) is 178 Å². The maximum absolute atomic E-state index is 13.9. The van der Waals surface area contributed by atoms with Gasteiger partial charge in [0.15, 0.2) is 23.8 Å². The van der Waals surface area contributed by atoms with Crippen LogP contribution >= 0.6 is 0 Å². The number of carbonyl (C=O) groups is 11. The summed E-state index contributed by atoms with van der Waals surface area (Å²) in [6, 6.07) is -5.18. The average Bonchev–Trinajstić information content (AvgIpc) is 3.30. The molecule has 72 heavy (non-hydrogen) atoms. The highest BCUT2D eigenvalue weighted by Gasteiger charge is 2.30. The second-order valence-corrected chi connectivity index (χ2v) is 15.3. The van der Waals surface area contributed by atoms with Crippen LogP contribution in [0.3, 0.4) is 0 Å². The van der Waals surface area contributed by atoms with Gasteiger partial charge in [0.25, 0.3) is 0 Å². The monoisotopic (exact) mass is 1030 g/mol. The highest BCUT2D eigenvalue weighted by molar-refractivity contribution is 5.96. The Morgan fingerprint density at radius 2 is 0.597 bits per heavy atom. The van der Waals surface area contributed by atoms with Crippen molar-refractivity contribution in [3.05, 3.63) is 0 Å².